The number of fused-ring (bicyclic) bond motifs is 2. The molecule has 0 bridgehead atoms. The predicted octanol–water partition coefficient (Wildman–Crippen LogP) is 2.88. The molecule has 0 aliphatic carbocycles. The standard InChI is InChI=1S/C19H21BNO2/c1-18(2)19(3,4)23-20(22-18)16-9-8-14-12-17-7-5-6-10-21(17)13-15(14)11-16/h5-13H,1-4H3/q+1. The molecule has 0 N–H and O–H groups in total. The van der Waals surface area contributed by atoms with Crippen LogP contribution in [-0.4, -0.2) is 18.3 Å². The second kappa shape index (κ2) is 4.79. The fraction of sp³-hybridized carbons (Fsp3) is 0.316. The average molecular weight is 306 g/mol. The lowest BCUT2D eigenvalue weighted by molar-refractivity contribution is -0.510. The Morgan fingerprint density at radius 3 is 2.35 bits per heavy atom. The Balaban J connectivity index is 1.79. The Hall–Kier alpha value is -1.91. The molecule has 1 aromatic carbocycles. The number of hydrogen-bond acceptors (Lipinski definition) is 2. The summed E-state index contributed by atoms with van der Waals surface area (Å²) in [5.41, 5.74) is 1.62. The molecule has 2 aromatic heterocycles. The fourth-order valence-electron chi connectivity index (χ4n) is 2.98. The van der Waals surface area contributed by atoms with Crippen molar-refractivity contribution >= 4 is 28.9 Å². The summed E-state index contributed by atoms with van der Waals surface area (Å²) in [6, 6.07) is 14.8. The first kappa shape index (κ1) is 14.7. The molecule has 3 aromatic rings. The highest BCUT2D eigenvalue weighted by Crippen LogP contribution is 2.36. The Morgan fingerprint density at radius 2 is 1.61 bits per heavy atom. The average Bonchev–Trinajstić information content (AvgIpc) is 2.73. The second-order valence-corrected chi connectivity index (χ2v) is 7.28. The molecule has 0 unspecified atom stereocenters. The van der Waals surface area contributed by atoms with Crippen molar-refractivity contribution in [1.82, 2.24) is 0 Å². The van der Waals surface area contributed by atoms with E-state index in [1.54, 1.807) is 0 Å². The molecule has 4 heteroatoms. The van der Waals surface area contributed by atoms with E-state index in [9.17, 15) is 0 Å². The number of rotatable bonds is 1. The summed E-state index contributed by atoms with van der Waals surface area (Å²) in [6.07, 6.45) is 4.22. The molecular formula is C19H21BNO2+. The van der Waals surface area contributed by atoms with Crippen LogP contribution in [0, 0.1) is 0 Å². The van der Waals surface area contributed by atoms with Crippen molar-refractivity contribution < 1.29 is 13.7 Å². The highest BCUT2D eigenvalue weighted by Gasteiger charge is 2.51. The van der Waals surface area contributed by atoms with Gasteiger partial charge in [0, 0.05) is 23.6 Å². The SMILES string of the molecule is CC1(C)OB(c2ccc3cc4cccc[n+]4cc3c2)OC1(C)C. The van der Waals surface area contributed by atoms with Gasteiger partial charge in [0.2, 0.25) is 5.52 Å². The number of nitrogens with zero attached hydrogens (tertiary/aromatic N) is 1. The Morgan fingerprint density at radius 1 is 0.870 bits per heavy atom. The lowest BCUT2D eigenvalue weighted by Gasteiger charge is -2.32. The summed E-state index contributed by atoms with van der Waals surface area (Å²) in [5, 5.41) is 2.40. The van der Waals surface area contributed by atoms with Crippen LogP contribution in [0.2, 0.25) is 0 Å². The Bertz CT molecular complexity index is 888. The largest absolute Gasteiger partial charge is 0.494 e. The van der Waals surface area contributed by atoms with E-state index in [-0.39, 0.29) is 18.3 Å². The first-order valence-corrected chi connectivity index (χ1v) is 8.05. The van der Waals surface area contributed by atoms with Crippen LogP contribution in [0.5, 0.6) is 0 Å². The molecule has 116 valence electrons. The molecule has 1 aliphatic heterocycles. The Labute approximate surface area is 137 Å². The third-order valence-corrected chi connectivity index (χ3v) is 5.14. The smallest absolute Gasteiger partial charge is 0.399 e. The van der Waals surface area contributed by atoms with E-state index in [2.05, 4.69) is 80.9 Å². The molecule has 4 rings (SSSR count). The molecule has 0 saturated carbocycles. The molecule has 3 nitrogen and oxygen atoms in total. The molecule has 0 spiro atoms. The highest BCUT2D eigenvalue weighted by atomic mass is 16.7. The predicted molar refractivity (Wildman–Crippen MR) is 92.8 cm³/mol. The van der Waals surface area contributed by atoms with E-state index in [1.807, 2.05) is 6.07 Å². The van der Waals surface area contributed by atoms with E-state index in [0.717, 1.165) is 5.46 Å². The monoisotopic (exact) mass is 306 g/mol. The minimum atomic E-state index is -0.319. The number of benzene rings is 1. The second-order valence-electron chi connectivity index (χ2n) is 7.28. The minimum absolute atomic E-state index is 0.315. The summed E-state index contributed by atoms with van der Waals surface area (Å²) in [5.74, 6) is 0. The number of hydrogen-bond donors (Lipinski definition) is 0. The maximum Gasteiger partial charge on any atom is 0.494 e. The third kappa shape index (κ3) is 2.33. The zero-order valence-electron chi connectivity index (χ0n) is 14.0. The maximum absolute atomic E-state index is 6.16. The minimum Gasteiger partial charge on any atom is -0.399 e. The van der Waals surface area contributed by atoms with E-state index < -0.39 is 0 Å². The number of aromatic nitrogens is 1. The van der Waals surface area contributed by atoms with Gasteiger partial charge < -0.3 is 9.31 Å². The quantitative estimate of drug-likeness (QED) is 0.392. The lowest BCUT2D eigenvalue weighted by Crippen LogP contribution is -2.41. The summed E-state index contributed by atoms with van der Waals surface area (Å²) in [6.45, 7) is 8.32. The molecular weight excluding hydrogens is 285 g/mol. The molecule has 0 amide bonds. The van der Waals surface area contributed by atoms with Gasteiger partial charge in [-0.25, -0.2) is 0 Å². The van der Waals surface area contributed by atoms with Crippen molar-refractivity contribution in [2.75, 3.05) is 0 Å². The van der Waals surface area contributed by atoms with Crippen molar-refractivity contribution in [3.8, 4) is 0 Å². The first-order chi connectivity index (χ1) is 10.9. The van der Waals surface area contributed by atoms with Gasteiger partial charge in [-0.1, -0.05) is 12.1 Å². The van der Waals surface area contributed by atoms with Crippen molar-refractivity contribution in [3.05, 3.63) is 54.9 Å². The van der Waals surface area contributed by atoms with Gasteiger partial charge in [0.05, 0.1) is 11.2 Å². The van der Waals surface area contributed by atoms with E-state index in [0.29, 0.717) is 0 Å². The topological polar surface area (TPSA) is 22.6 Å². The van der Waals surface area contributed by atoms with Gasteiger partial charge in [0.15, 0.2) is 12.4 Å². The zero-order valence-corrected chi connectivity index (χ0v) is 14.0. The van der Waals surface area contributed by atoms with Crippen molar-refractivity contribution in [1.29, 1.82) is 0 Å². The van der Waals surface area contributed by atoms with E-state index in [4.69, 9.17) is 9.31 Å². The lowest BCUT2D eigenvalue weighted by atomic mass is 9.78. The van der Waals surface area contributed by atoms with Crippen LogP contribution in [0.15, 0.2) is 54.9 Å². The van der Waals surface area contributed by atoms with Gasteiger partial charge in [0.25, 0.3) is 0 Å². The van der Waals surface area contributed by atoms with E-state index in [1.165, 1.54) is 16.3 Å². The maximum atomic E-state index is 6.16. The van der Waals surface area contributed by atoms with Gasteiger partial charge in [-0.3, -0.25) is 0 Å². The van der Waals surface area contributed by atoms with Crippen molar-refractivity contribution in [3.63, 3.8) is 0 Å². The summed E-state index contributed by atoms with van der Waals surface area (Å²) < 4.78 is 14.5. The van der Waals surface area contributed by atoms with Crippen LogP contribution < -0.4 is 9.86 Å². The fourth-order valence-corrected chi connectivity index (χ4v) is 2.98. The van der Waals surface area contributed by atoms with Crippen LogP contribution in [0.25, 0.3) is 16.3 Å². The van der Waals surface area contributed by atoms with Gasteiger partial charge in [0.1, 0.15) is 0 Å². The normalized spacial score (nSPS) is 19.6. The summed E-state index contributed by atoms with van der Waals surface area (Å²) >= 11 is 0. The highest BCUT2D eigenvalue weighted by molar-refractivity contribution is 6.62. The van der Waals surface area contributed by atoms with Gasteiger partial charge in [-0.2, -0.15) is 4.40 Å². The third-order valence-electron chi connectivity index (χ3n) is 5.14. The molecule has 1 fully saturated rings. The van der Waals surface area contributed by atoms with E-state index >= 15 is 0 Å². The van der Waals surface area contributed by atoms with Crippen molar-refractivity contribution in [2.24, 2.45) is 0 Å². The van der Waals surface area contributed by atoms with Crippen LogP contribution in [0.3, 0.4) is 0 Å². The molecule has 0 atom stereocenters. The summed E-state index contributed by atoms with van der Waals surface area (Å²) in [4.78, 5) is 0. The van der Waals surface area contributed by atoms with Gasteiger partial charge in [-0.05, 0) is 50.7 Å². The molecule has 3 heterocycles. The molecule has 23 heavy (non-hydrogen) atoms. The molecule has 0 radical (unpaired) electrons. The van der Waals surface area contributed by atoms with Crippen LogP contribution >= 0.6 is 0 Å². The van der Waals surface area contributed by atoms with Crippen LogP contribution in [0.4, 0.5) is 0 Å². The zero-order chi connectivity index (χ0) is 16.2. The van der Waals surface area contributed by atoms with Crippen LogP contribution in [-0.2, 0) is 9.31 Å². The first-order valence-electron chi connectivity index (χ1n) is 8.05. The molecule has 1 aliphatic rings. The van der Waals surface area contributed by atoms with Crippen LogP contribution in [0.1, 0.15) is 27.7 Å². The summed E-state index contributed by atoms with van der Waals surface area (Å²) in [7, 11) is -0.319. The molecule has 1 saturated heterocycles. The number of pyridine rings is 2. The van der Waals surface area contributed by atoms with Gasteiger partial charge in [-0.15, -0.1) is 0 Å². The van der Waals surface area contributed by atoms with Gasteiger partial charge >= 0.3 is 7.12 Å². The van der Waals surface area contributed by atoms with Crippen molar-refractivity contribution in [2.45, 2.75) is 38.9 Å². The Kier molecular flexibility index (Phi) is 3.06.